The van der Waals surface area contributed by atoms with Gasteiger partial charge in [-0.2, -0.15) is 0 Å². The molecule has 2 bridgehead atoms. The van der Waals surface area contributed by atoms with Crippen molar-refractivity contribution in [3.63, 3.8) is 0 Å². The summed E-state index contributed by atoms with van der Waals surface area (Å²) < 4.78 is 0. The molecule has 4 nitrogen and oxygen atoms in total. The van der Waals surface area contributed by atoms with E-state index < -0.39 is 0 Å². The zero-order chi connectivity index (χ0) is 15.3. The van der Waals surface area contributed by atoms with Gasteiger partial charge in [-0.25, -0.2) is 0 Å². The SMILES string of the molecule is CC1(C)[C@@H](NC(=O)c2cc3ccccc3[nH]2)C2CCN1CC2. The topological polar surface area (TPSA) is 48.1 Å². The van der Waals surface area contributed by atoms with Crippen LogP contribution >= 0.6 is 0 Å². The van der Waals surface area contributed by atoms with E-state index >= 15 is 0 Å². The quantitative estimate of drug-likeness (QED) is 0.895. The number of hydrogen-bond acceptors (Lipinski definition) is 2. The first-order chi connectivity index (χ1) is 10.6. The van der Waals surface area contributed by atoms with Gasteiger partial charge in [0.15, 0.2) is 0 Å². The summed E-state index contributed by atoms with van der Waals surface area (Å²) in [6.07, 6.45) is 2.39. The summed E-state index contributed by atoms with van der Waals surface area (Å²) in [6, 6.07) is 10.2. The second-order valence-corrected chi connectivity index (χ2v) is 7.20. The summed E-state index contributed by atoms with van der Waals surface area (Å²) in [7, 11) is 0. The Kier molecular flexibility index (Phi) is 3.05. The molecule has 2 N–H and O–H groups in total. The molecule has 3 aliphatic heterocycles. The molecule has 2 aromatic rings. The van der Waals surface area contributed by atoms with Gasteiger partial charge in [-0.1, -0.05) is 18.2 Å². The van der Waals surface area contributed by atoms with Crippen molar-refractivity contribution < 1.29 is 4.79 Å². The molecule has 22 heavy (non-hydrogen) atoms. The highest BCUT2D eigenvalue weighted by atomic mass is 16.2. The second-order valence-electron chi connectivity index (χ2n) is 7.20. The number of carbonyl (C=O) groups excluding carboxylic acids is 1. The summed E-state index contributed by atoms with van der Waals surface area (Å²) in [5, 5.41) is 4.39. The Morgan fingerprint density at radius 2 is 2.00 bits per heavy atom. The van der Waals surface area contributed by atoms with Crippen molar-refractivity contribution in [2.75, 3.05) is 13.1 Å². The first kappa shape index (κ1) is 13.8. The predicted molar refractivity (Wildman–Crippen MR) is 87.9 cm³/mol. The number of fused-ring (bicyclic) bond motifs is 4. The zero-order valence-corrected chi connectivity index (χ0v) is 13.2. The van der Waals surface area contributed by atoms with Crippen molar-refractivity contribution >= 4 is 16.8 Å². The Morgan fingerprint density at radius 1 is 1.27 bits per heavy atom. The van der Waals surface area contributed by atoms with E-state index in [1.165, 1.54) is 12.8 Å². The van der Waals surface area contributed by atoms with Crippen LogP contribution in [0.25, 0.3) is 10.9 Å². The maximum Gasteiger partial charge on any atom is 0.268 e. The van der Waals surface area contributed by atoms with Crippen LogP contribution in [0.3, 0.4) is 0 Å². The van der Waals surface area contributed by atoms with E-state index in [1.807, 2.05) is 30.3 Å². The summed E-state index contributed by atoms with van der Waals surface area (Å²) >= 11 is 0. The molecular formula is C18H23N3O. The summed E-state index contributed by atoms with van der Waals surface area (Å²) in [5.74, 6) is 0.622. The first-order valence-corrected chi connectivity index (χ1v) is 8.19. The van der Waals surface area contributed by atoms with Crippen molar-refractivity contribution in [3.05, 3.63) is 36.0 Å². The van der Waals surface area contributed by atoms with Crippen molar-refractivity contribution in [2.24, 2.45) is 5.92 Å². The fraction of sp³-hybridized carbons (Fsp3) is 0.500. The number of aromatic amines is 1. The van der Waals surface area contributed by atoms with Gasteiger partial charge in [0.25, 0.3) is 5.91 Å². The van der Waals surface area contributed by atoms with Crippen molar-refractivity contribution in [2.45, 2.75) is 38.3 Å². The number of piperidine rings is 3. The molecule has 0 spiro atoms. The molecule has 4 heterocycles. The normalized spacial score (nSPS) is 29.6. The molecule has 0 radical (unpaired) electrons. The van der Waals surface area contributed by atoms with Gasteiger partial charge >= 0.3 is 0 Å². The Bertz CT molecular complexity index is 677. The van der Waals surface area contributed by atoms with Gasteiger partial charge in [-0.3, -0.25) is 9.69 Å². The van der Waals surface area contributed by atoms with Gasteiger partial charge in [0.05, 0.1) is 0 Å². The lowest BCUT2D eigenvalue weighted by Gasteiger charge is -2.56. The van der Waals surface area contributed by atoms with Crippen LogP contribution in [0.1, 0.15) is 37.2 Å². The molecule has 0 aliphatic carbocycles. The maximum absolute atomic E-state index is 12.7. The monoisotopic (exact) mass is 297 g/mol. The molecule has 3 aliphatic rings. The molecule has 4 heteroatoms. The number of rotatable bonds is 2. The van der Waals surface area contributed by atoms with Crippen LogP contribution in [0.4, 0.5) is 0 Å². The largest absolute Gasteiger partial charge is 0.351 e. The lowest BCUT2D eigenvalue weighted by Crippen LogP contribution is -2.69. The number of carbonyl (C=O) groups is 1. The average molecular weight is 297 g/mol. The van der Waals surface area contributed by atoms with Crippen LogP contribution in [0.2, 0.25) is 0 Å². The Labute approximate surface area is 130 Å². The second kappa shape index (κ2) is 4.85. The number of aromatic nitrogens is 1. The van der Waals surface area contributed by atoms with E-state index in [0.29, 0.717) is 11.6 Å². The van der Waals surface area contributed by atoms with E-state index in [0.717, 1.165) is 24.0 Å². The Morgan fingerprint density at radius 3 is 2.68 bits per heavy atom. The van der Waals surface area contributed by atoms with Gasteiger partial charge in [0, 0.05) is 22.5 Å². The van der Waals surface area contributed by atoms with Gasteiger partial charge in [0.1, 0.15) is 5.69 Å². The molecule has 0 saturated carbocycles. The zero-order valence-electron chi connectivity index (χ0n) is 13.2. The third kappa shape index (κ3) is 2.05. The third-order valence-electron chi connectivity index (χ3n) is 5.65. The van der Waals surface area contributed by atoms with E-state index in [-0.39, 0.29) is 17.5 Å². The highest BCUT2D eigenvalue weighted by Crippen LogP contribution is 2.39. The average Bonchev–Trinajstić information content (AvgIpc) is 2.95. The number of amides is 1. The number of para-hydroxylation sites is 1. The lowest BCUT2D eigenvalue weighted by molar-refractivity contribution is -0.0378. The minimum absolute atomic E-state index is 0.0167. The van der Waals surface area contributed by atoms with Crippen molar-refractivity contribution in [1.29, 1.82) is 0 Å². The maximum atomic E-state index is 12.7. The summed E-state index contributed by atoms with van der Waals surface area (Å²) in [6.45, 7) is 6.84. The molecule has 0 unspecified atom stereocenters. The Hall–Kier alpha value is -1.81. The van der Waals surface area contributed by atoms with Crippen LogP contribution in [-0.4, -0.2) is 40.5 Å². The number of benzene rings is 1. The standard InChI is InChI=1S/C18H23N3O/c1-18(2)16(12-7-9-21(18)10-8-12)20-17(22)15-11-13-5-3-4-6-14(13)19-15/h3-6,11-12,16,19H,7-10H2,1-2H3,(H,20,22)/t16-/m0/s1. The molecule has 3 saturated heterocycles. The highest BCUT2D eigenvalue weighted by Gasteiger charge is 2.48. The predicted octanol–water partition coefficient (Wildman–Crippen LogP) is 2.77. The number of nitrogens with zero attached hydrogens (tertiary/aromatic N) is 1. The molecule has 116 valence electrons. The van der Waals surface area contributed by atoms with Crippen LogP contribution in [0.5, 0.6) is 0 Å². The van der Waals surface area contributed by atoms with Crippen molar-refractivity contribution in [1.82, 2.24) is 15.2 Å². The number of H-pyrrole nitrogens is 1. The fourth-order valence-corrected chi connectivity index (χ4v) is 4.29. The fourth-order valence-electron chi connectivity index (χ4n) is 4.29. The minimum Gasteiger partial charge on any atom is -0.351 e. The van der Waals surface area contributed by atoms with Gasteiger partial charge in [-0.05, 0) is 57.8 Å². The minimum atomic E-state index is 0.0167. The summed E-state index contributed by atoms with van der Waals surface area (Å²) in [4.78, 5) is 18.4. The van der Waals surface area contributed by atoms with Gasteiger partial charge in [-0.15, -0.1) is 0 Å². The molecular weight excluding hydrogens is 274 g/mol. The van der Waals surface area contributed by atoms with Crippen LogP contribution in [-0.2, 0) is 0 Å². The lowest BCUT2D eigenvalue weighted by atomic mass is 9.72. The molecule has 1 atom stereocenters. The van der Waals surface area contributed by atoms with Crippen LogP contribution in [0.15, 0.2) is 30.3 Å². The molecule has 5 rings (SSSR count). The first-order valence-electron chi connectivity index (χ1n) is 8.19. The van der Waals surface area contributed by atoms with Gasteiger partial charge in [0.2, 0.25) is 0 Å². The van der Waals surface area contributed by atoms with Gasteiger partial charge < -0.3 is 10.3 Å². The van der Waals surface area contributed by atoms with Crippen LogP contribution in [0, 0.1) is 5.92 Å². The van der Waals surface area contributed by atoms with E-state index in [2.05, 4.69) is 29.0 Å². The molecule has 3 fully saturated rings. The Balaban J connectivity index is 1.58. The number of nitrogens with one attached hydrogen (secondary N) is 2. The number of hydrogen-bond donors (Lipinski definition) is 2. The highest BCUT2D eigenvalue weighted by molar-refractivity contribution is 5.98. The van der Waals surface area contributed by atoms with E-state index in [1.54, 1.807) is 0 Å². The smallest absolute Gasteiger partial charge is 0.268 e. The molecule has 1 aromatic carbocycles. The van der Waals surface area contributed by atoms with E-state index in [9.17, 15) is 4.79 Å². The molecule has 1 aromatic heterocycles. The van der Waals surface area contributed by atoms with Crippen molar-refractivity contribution in [3.8, 4) is 0 Å². The van der Waals surface area contributed by atoms with Crippen LogP contribution < -0.4 is 5.32 Å². The third-order valence-corrected chi connectivity index (χ3v) is 5.65. The van der Waals surface area contributed by atoms with E-state index in [4.69, 9.17) is 0 Å². The molecule has 1 amide bonds. The summed E-state index contributed by atoms with van der Waals surface area (Å²) in [5.41, 5.74) is 1.72.